The Balaban J connectivity index is 1.54. The van der Waals surface area contributed by atoms with Gasteiger partial charge in [0.1, 0.15) is 5.69 Å². The van der Waals surface area contributed by atoms with Crippen LogP contribution < -0.4 is 0 Å². The summed E-state index contributed by atoms with van der Waals surface area (Å²) in [5.74, 6) is 0.0518. The van der Waals surface area contributed by atoms with E-state index in [1.807, 2.05) is 25.7 Å². The van der Waals surface area contributed by atoms with Gasteiger partial charge in [-0.3, -0.25) is 14.7 Å². The average molecular weight is 358 g/mol. The summed E-state index contributed by atoms with van der Waals surface area (Å²) < 4.78 is 0. The molecule has 3 heterocycles. The summed E-state index contributed by atoms with van der Waals surface area (Å²) in [5, 5.41) is 7.22. The predicted octanol–water partition coefficient (Wildman–Crippen LogP) is 1.37. The number of hydrogen-bond donors (Lipinski definition) is 2. The van der Waals surface area contributed by atoms with Crippen LogP contribution in [0.3, 0.4) is 0 Å². The van der Waals surface area contributed by atoms with E-state index in [-0.39, 0.29) is 11.8 Å². The number of imidazole rings is 1. The molecule has 2 aromatic rings. The molecular weight excluding hydrogens is 332 g/mol. The largest absolute Gasteiger partial charge is 0.348 e. The van der Waals surface area contributed by atoms with Crippen LogP contribution in [0, 0.1) is 20.8 Å². The summed E-state index contributed by atoms with van der Waals surface area (Å²) in [4.78, 5) is 35.9. The van der Waals surface area contributed by atoms with Crippen molar-refractivity contribution in [3.05, 3.63) is 34.7 Å². The van der Waals surface area contributed by atoms with Crippen molar-refractivity contribution in [2.75, 3.05) is 26.2 Å². The minimum atomic E-state index is -0.0688. The second kappa shape index (κ2) is 7.72. The summed E-state index contributed by atoms with van der Waals surface area (Å²) in [6.45, 7) is 8.27. The lowest BCUT2D eigenvalue weighted by atomic mass is 10.1. The highest BCUT2D eigenvalue weighted by atomic mass is 16.2. The highest BCUT2D eigenvalue weighted by Gasteiger charge is 2.24. The summed E-state index contributed by atoms with van der Waals surface area (Å²) in [5.41, 5.74) is 4.37. The zero-order valence-electron chi connectivity index (χ0n) is 15.6. The molecule has 140 valence electrons. The van der Waals surface area contributed by atoms with Gasteiger partial charge >= 0.3 is 0 Å². The number of carbonyl (C=O) groups is 2. The van der Waals surface area contributed by atoms with Crippen LogP contribution in [0.15, 0.2) is 6.33 Å². The van der Waals surface area contributed by atoms with E-state index in [0.29, 0.717) is 44.7 Å². The second-order valence-electron chi connectivity index (χ2n) is 6.82. The first-order chi connectivity index (χ1) is 12.5. The number of nitrogens with zero attached hydrogens (tertiary/aromatic N) is 4. The van der Waals surface area contributed by atoms with Gasteiger partial charge < -0.3 is 14.8 Å². The maximum absolute atomic E-state index is 12.6. The molecule has 8 heteroatoms. The number of amides is 2. The van der Waals surface area contributed by atoms with Gasteiger partial charge in [-0.2, -0.15) is 5.10 Å². The summed E-state index contributed by atoms with van der Waals surface area (Å²) in [7, 11) is 0. The third-order valence-electron chi connectivity index (χ3n) is 5.10. The molecule has 0 unspecified atom stereocenters. The molecule has 0 aromatic carbocycles. The molecule has 0 radical (unpaired) electrons. The standard InChI is InChI=1S/C18H26N6O2/c1-12-13(2)21-22-15(12)5-6-16(25)23-7-4-8-24(10-9-23)18(26)17-14(3)19-11-20-17/h11H,4-10H2,1-3H3,(H,19,20)(H,21,22). The molecule has 2 amide bonds. The van der Waals surface area contributed by atoms with Crippen LogP contribution in [-0.2, 0) is 11.2 Å². The maximum atomic E-state index is 12.6. The minimum absolute atomic E-state index is 0.0688. The van der Waals surface area contributed by atoms with Gasteiger partial charge in [0.05, 0.1) is 12.0 Å². The van der Waals surface area contributed by atoms with Gasteiger partial charge in [0, 0.05) is 50.4 Å². The fourth-order valence-electron chi connectivity index (χ4n) is 3.26. The second-order valence-corrected chi connectivity index (χ2v) is 6.82. The maximum Gasteiger partial charge on any atom is 0.274 e. The van der Waals surface area contributed by atoms with E-state index in [9.17, 15) is 9.59 Å². The van der Waals surface area contributed by atoms with Gasteiger partial charge in [0.25, 0.3) is 5.91 Å². The monoisotopic (exact) mass is 358 g/mol. The smallest absolute Gasteiger partial charge is 0.274 e. The Labute approximate surface area is 153 Å². The zero-order valence-corrected chi connectivity index (χ0v) is 15.6. The fourth-order valence-corrected chi connectivity index (χ4v) is 3.26. The van der Waals surface area contributed by atoms with Gasteiger partial charge in [-0.1, -0.05) is 0 Å². The normalized spacial score (nSPS) is 15.2. The number of hydrogen-bond acceptors (Lipinski definition) is 4. The molecule has 8 nitrogen and oxygen atoms in total. The third kappa shape index (κ3) is 3.79. The van der Waals surface area contributed by atoms with Crippen molar-refractivity contribution >= 4 is 11.8 Å². The molecule has 1 aliphatic rings. The van der Waals surface area contributed by atoms with E-state index in [4.69, 9.17) is 0 Å². The summed E-state index contributed by atoms with van der Waals surface area (Å²) >= 11 is 0. The van der Waals surface area contributed by atoms with Crippen LogP contribution in [0.2, 0.25) is 0 Å². The van der Waals surface area contributed by atoms with Crippen LogP contribution in [-0.4, -0.2) is 68.0 Å². The lowest BCUT2D eigenvalue weighted by Gasteiger charge is -2.22. The SMILES string of the molecule is Cc1[nH]cnc1C(=O)N1CCCN(C(=O)CCc2n[nH]c(C)c2C)CC1. The van der Waals surface area contributed by atoms with Crippen molar-refractivity contribution in [2.45, 2.75) is 40.0 Å². The Morgan fingerprint density at radius 1 is 1.08 bits per heavy atom. The third-order valence-corrected chi connectivity index (χ3v) is 5.10. The molecule has 0 bridgehead atoms. The zero-order chi connectivity index (χ0) is 18.7. The fraction of sp³-hybridized carbons (Fsp3) is 0.556. The highest BCUT2D eigenvalue weighted by molar-refractivity contribution is 5.93. The molecule has 2 N–H and O–H groups in total. The molecule has 0 atom stereocenters. The van der Waals surface area contributed by atoms with Gasteiger partial charge in [-0.05, 0) is 32.8 Å². The molecule has 0 saturated carbocycles. The Kier molecular flexibility index (Phi) is 5.39. The summed E-state index contributed by atoms with van der Waals surface area (Å²) in [6, 6.07) is 0. The first kappa shape index (κ1) is 18.2. The molecule has 2 aromatic heterocycles. The number of aromatic nitrogens is 4. The van der Waals surface area contributed by atoms with E-state index in [0.717, 1.165) is 29.1 Å². The van der Waals surface area contributed by atoms with E-state index in [1.54, 1.807) is 4.90 Å². The number of H-pyrrole nitrogens is 2. The lowest BCUT2D eigenvalue weighted by molar-refractivity contribution is -0.131. The van der Waals surface area contributed by atoms with Crippen LogP contribution in [0.4, 0.5) is 0 Å². The average Bonchev–Trinajstić information content (AvgIpc) is 3.08. The quantitative estimate of drug-likeness (QED) is 0.862. The number of aryl methyl sites for hydroxylation is 3. The van der Waals surface area contributed by atoms with Crippen molar-refractivity contribution in [2.24, 2.45) is 0 Å². The topological polar surface area (TPSA) is 98.0 Å². The van der Waals surface area contributed by atoms with E-state index in [2.05, 4.69) is 20.2 Å². The Hall–Kier alpha value is -2.64. The van der Waals surface area contributed by atoms with Crippen LogP contribution in [0.5, 0.6) is 0 Å². The molecule has 1 saturated heterocycles. The van der Waals surface area contributed by atoms with Crippen LogP contribution in [0.1, 0.15) is 46.0 Å². The van der Waals surface area contributed by atoms with Crippen molar-refractivity contribution in [1.29, 1.82) is 0 Å². The molecule has 0 aliphatic carbocycles. The summed E-state index contributed by atoms with van der Waals surface area (Å²) in [6.07, 6.45) is 3.40. The van der Waals surface area contributed by atoms with Gasteiger partial charge in [0.2, 0.25) is 5.91 Å². The van der Waals surface area contributed by atoms with Crippen LogP contribution in [0.25, 0.3) is 0 Å². The van der Waals surface area contributed by atoms with Crippen molar-refractivity contribution in [1.82, 2.24) is 30.0 Å². The molecule has 1 fully saturated rings. The Morgan fingerprint density at radius 3 is 2.46 bits per heavy atom. The van der Waals surface area contributed by atoms with Gasteiger partial charge in [-0.15, -0.1) is 0 Å². The Bertz CT molecular complexity index is 793. The van der Waals surface area contributed by atoms with E-state index >= 15 is 0 Å². The lowest BCUT2D eigenvalue weighted by Crippen LogP contribution is -2.37. The Morgan fingerprint density at radius 2 is 1.81 bits per heavy atom. The molecular formula is C18H26N6O2. The first-order valence-electron chi connectivity index (χ1n) is 9.05. The van der Waals surface area contributed by atoms with E-state index in [1.165, 1.54) is 6.33 Å². The molecule has 26 heavy (non-hydrogen) atoms. The number of rotatable bonds is 4. The van der Waals surface area contributed by atoms with Crippen molar-refractivity contribution < 1.29 is 9.59 Å². The van der Waals surface area contributed by atoms with E-state index < -0.39 is 0 Å². The minimum Gasteiger partial charge on any atom is -0.348 e. The number of aromatic amines is 2. The van der Waals surface area contributed by atoms with Crippen molar-refractivity contribution in [3.8, 4) is 0 Å². The number of carbonyl (C=O) groups excluding carboxylic acids is 2. The van der Waals surface area contributed by atoms with Gasteiger partial charge in [0.15, 0.2) is 0 Å². The van der Waals surface area contributed by atoms with Gasteiger partial charge in [-0.25, -0.2) is 4.98 Å². The molecule has 0 spiro atoms. The number of nitrogens with one attached hydrogen (secondary N) is 2. The molecule has 3 rings (SSSR count). The first-order valence-corrected chi connectivity index (χ1v) is 9.05. The predicted molar refractivity (Wildman–Crippen MR) is 96.8 cm³/mol. The molecule has 1 aliphatic heterocycles. The van der Waals surface area contributed by atoms with Crippen molar-refractivity contribution in [3.63, 3.8) is 0 Å². The highest BCUT2D eigenvalue weighted by Crippen LogP contribution is 2.13. The van der Waals surface area contributed by atoms with Crippen LogP contribution >= 0.6 is 0 Å².